The molecule has 5 heteroatoms. The molecule has 130 valence electrons. The van der Waals surface area contributed by atoms with Crippen LogP contribution in [0.3, 0.4) is 0 Å². The maximum atomic E-state index is 12.1. The molecule has 3 rings (SSSR count). The van der Waals surface area contributed by atoms with Crippen LogP contribution in [0.15, 0.2) is 48.5 Å². The summed E-state index contributed by atoms with van der Waals surface area (Å²) < 4.78 is 0. The number of hydrogen-bond acceptors (Lipinski definition) is 2. The molecule has 1 heterocycles. The predicted molar refractivity (Wildman–Crippen MR) is 98.2 cm³/mol. The number of carbonyl (C=O) groups is 2. The fraction of sp³-hybridized carbons (Fsp3) is 0.300. The molecule has 0 bridgehead atoms. The molecule has 0 spiro atoms. The first-order valence-electron chi connectivity index (χ1n) is 8.64. The molecule has 2 aromatic carbocycles. The summed E-state index contributed by atoms with van der Waals surface area (Å²) in [6.07, 6.45) is 1.39. The Morgan fingerprint density at radius 2 is 1.88 bits per heavy atom. The van der Waals surface area contributed by atoms with E-state index in [2.05, 4.69) is 10.6 Å². The third-order valence-corrected chi connectivity index (χ3v) is 4.43. The molecule has 0 aromatic heterocycles. The topological polar surface area (TPSA) is 61.4 Å². The van der Waals surface area contributed by atoms with Crippen LogP contribution in [0.5, 0.6) is 0 Å². The number of carbonyl (C=O) groups excluding carboxylic acids is 2. The second-order valence-corrected chi connectivity index (χ2v) is 6.20. The molecule has 2 aromatic rings. The molecule has 0 radical (unpaired) electrons. The molecule has 2 N–H and O–H groups in total. The Bertz CT molecular complexity index is 759. The van der Waals surface area contributed by atoms with Crippen LogP contribution in [-0.2, 0) is 24.3 Å². The number of nitrogens with one attached hydrogen (secondary N) is 2. The van der Waals surface area contributed by atoms with Crippen molar-refractivity contribution in [3.05, 3.63) is 65.2 Å². The van der Waals surface area contributed by atoms with Gasteiger partial charge in [-0.15, -0.1) is 0 Å². The number of anilines is 1. The van der Waals surface area contributed by atoms with E-state index in [0.717, 1.165) is 29.8 Å². The van der Waals surface area contributed by atoms with E-state index in [9.17, 15) is 9.59 Å². The van der Waals surface area contributed by atoms with Crippen LogP contribution in [0.1, 0.15) is 30.0 Å². The fourth-order valence-electron chi connectivity index (χ4n) is 3.02. The highest BCUT2D eigenvalue weighted by Crippen LogP contribution is 2.23. The highest BCUT2D eigenvalue weighted by molar-refractivity contribution is 5.89. The van der Waals surface area contributed by atoms with E-state index in [4.69, 9.17) is 0 Å². The molecular weight excluding hydrogens is 314 g/mol. The zero-order valence-corrected chi connectivity index (χ0v) is 14.4. The second-order valence-electron chi connectivity index (χ2n) is 6.20. The first-order chi connectivity index (χ1) is 12.2. The summed E-state index contributed by atoms with van der Waals surface area (Å²) in [5, 5.41) is 5.72. The lowest BCUT2D eigenvalue weighted by Crippen LogP contribution is -2.35. The van der Waals surface area contributed by atoms with Gasteiger partial charge in [-0.25, -0.2) is 4.79 Å². The summed E-state index contributed by atoms with van der Waals surface area (Å²) in [6.45, 7) is 3.75. The molecular formula is C20H23N3O2. The molecule has 1 aliphatic heterocycles. The van der Waals surface area contributed by atoms with E-state index in [0.29, 0.717) is 19.5 Å². The van der Waals surface area contributed by atoms with Crippen molar-refractivity contribution < 1.29 is 9.59 Å². The molecule has 0 unspecified atom stereocenters. The van der Waals surface area contributed by atoms with E-state index in [-0.39, 0.29) is 11.9 Å². The average molecular weight is 337 g/mol. The molecule has 25 heavy (non-hydrogen) atoms. The zero-order valence-electron chi connectivity index (χ0n) is 14.4. The van der Waals surface area contributed by atoms with Crippen LogP contribution in [-0.4, -0.2) is 23.4 Å². The Morgan fingerprint density at radius 1 is 1.08 bits per heavy atom. The van der Waals surface area contributed by atoms with Crippen molar-refractivity contribution in [3.63, 3.8) is 0 Å². The highest BCUT2D eigenvalue weighted by Gasteiger charge is 2.19. The molecule has 0 aliphatic carbocycles. The van der Waals surface area contributed by atoms with Crippen molar-refractivity contribution in [1.29, 1.82) is 0 Å². The van der Waals surface area contributed by atoms with Crippen molar-refractivity contribution in [2.24, 2.45) is 0 Å². The van der Waals surface area contributed by atoms with Gasteiger partial charge in [-0.1, -0.05) is 43.3 Å². The summed E-state index contributed by atoms with van der Waals surface area (Å²) in [5.41, 5.74) is 4.15. The van der Waals surface area contributed by atoms with Crippen LogP contribution in [0.4, 0.5) is 10.5 Å². The van der Waals surface area contributed by atoms with E-state index in [1.807, 2.05) is 60.4 Å². The van der Waals surface area contributed by atoms with E-state index >= 15 is 0 Å². The summed E-state index contributed by atoms with van der Waals surface area (Å²) in [6, 6.07) is 15.5. The quantitative estimate of drug-likeness (QED) is 0.899. The Morgan fingerprint density at radius 3 is 2.64 bits per heavy atom. The van der Waals surface area contributed by atoms with Crippen LogP contribution >= 0.6 is 0 Å². The Kier molecular flexibility index (Phi) is 5.33. The van der Waals surface area contributed by atoms with E-state index in [1.54, 1.807) is 0 Å². The lowest BCUT2D eigenvalue weighted by molar-refractivity contribution is -0.131. The van der Waals surface area contributed by atoms with E-state index in [1.165, 1.54) is 5.56 Å². The summed E-state index contributed by atoms with van der Waals surface area (Å²) >= 11 is 0. The Balaban J connectivity index is 1.60. The summed E-state index contributed by atoms with van der Waals surface area (Å²) in [4.78, 5) is 25.9. The maximum absolute atomic E-state index is 12.1. The highest BCUT2D eigenvalue weighted by atomic mass is 16.2. The minimum atomic E-state index is -0.235. The van der Waals surface area contributed by atoms with Crippen LogP contribution < -0.4 is 10.6 Å². The van der Waals surface area contributed by atoms with Gasteiger partial charge in [-0.2, -0.15) is 0 Å². The standard InChI is InChI=1S/C20H23N3O2/c1-2-19(24)23-11-10-16-8-9-18(12-17(16)14-23)22-20(25)21-13-15-6-4-3-5-7-15/h3-9,12H,2,10-11,13-14H2,1H3,(H2,21,22,25). The third-order valence-electron chi connectivity index (χ3n) is 4.43. The molecule has 0 saturated carbocycles. The molecule has 0 atom stereocenters. The zero-order chi connectivity index (χ0) is 17.6. The van der Waals surface area contributed by atoms with Gasteiger partial charge >= 0.3 is 6.03 Å². The van der Waals surface area contributed by atoms with Crippen molar-refractivity contribution in [1.82, 2.24) is 10.2 Å². The number of amides is 3. The number of fused-ring (bicyclic) bond motifs is 1. The third kappa shape index (κ3) is 4.38. The maximum Gasteiger partial charge on any atom is 0.319 e. The first kappa shape index (κ1) is 17.0. The molecule has 0 saturated heterocycles. The number of rotatable bonds is 4. The monoisotopic (exact) mass is 337 g/mol. The van der Waals surface area contributed by atoms with Gasteiger partial charge in [0.2, 0.25) is 5.91 Å². The lowest BCUT2D eigenvalue weighted by Gasteiger charge is -2.29. The molecule has 5 nitrogen and oxygen atoms in total. The van der Waals surface area contributed by atoms with Crippen molar-refractivity contribution >= 4 is 17.6 Å². The largest absolute Gasteiger partial charge is 0.338 e. The Labute approximate surface area is 148 Å². The van der Waals surface area contributed by atoms with Gasteiger partial charge in [-0.05, 0) is 35.2 Å². The van der Waals surface area contributed by atoms with Gasteiger partial charge in [0.1, 0.15) is 0 Å². The van der Waals surface area contributed by atoms with E-state index < -0.39 is 0 Å². The fourth-order valence-corrected chi connectivity index (χ4v) is 3.02. The molecule has 3 amide bonds. The smallest absolute Gasteiger partial charge is 0.319 e. The Hall–Kier alpha value is -2.82. The van der Waals surface area contributed by atoms with Gasteiger partial charge in [0.05, 0.1) is 0 Å². The van der Waals surface area contributed by atoms with Crippen LogP contribution in [0, 0.1) is 0 Å². The van der Waals surface area contributed by atoms with Crippen LogP contribution in [0.25, 0.3) is 0 Å². The molecule has 1 aliphatic rings. The molecule has 0 fully saturated rings. The minimum Gasteiger partial charge on any atom is -0.338 e. The summed E-state index contributed by atoms with van der Waals surface area (Å²) in [7, 11) is 0. The van der Waals surface area contributed by atoms with Gasteiger partial charge < -0.3 is 15.5 Å². The number of urea groups is 1. The number of nitrogens with zero attached hydrogens (tertiary/aromatic N) is 1. The van der Waals surface area contributed by atoms with Crippen molar-refractivity contribution in [2.45, 2.75) is 32.9 Å². The SMILES string of the molecule is CCC(=O)N1CCc2ccc(NC(=O)NCc3ccccc3)cc2C1. The predicted octanol–water partition coefficient (Wildman–Crippen LogP) is 3.30. The van der Waals surface area contributed by atoms with Crippen molar-refractivity contribution in [3.8, 4) is 0 Å². The minimum absolute atomic E-state index is 0.171. The number of hydrogen-bond donors (Lipinski definition) is 2. The van der Waals surface area contributed by atoms with Gasteiger partial charge in [0.25, 0.3) is 0 Å². The summed E-state index contributed by atoms with van der Waals surface area (Å²) in [5.74, 6) is 0.171. The normalized spacial score (nSPS) is 13.1. The van der Waals surface area contributed by atoms with Crippen LogP contribution in [0.2, 0.25) is 0 Å². The van der Waals surface area contributed by atoms with Gasteiger partial charge in [0, 0.05) is 31.7 Å². The first-order valence-corrected chi connectivity index (χ1v) is 8.64. The second kappa shape index (κ2) is 7.83. The van der Waals surface area contributed by atoms with Gasteiger partial charge in [-0.3, -0.25) is 4.79 Å². The average Bonchev–Trinajstić information content (AvgIpc) is 2.66. The number of benzene rings is 2. The lowest BCUT2D eigenvalue weighted by atomic mass is 9.99. The van der Waals surface area contributed by atoms with Gasteiger partial charge in [0.15, 0.2) is 0 Å². The van der Waals surface area contributed by atoms with Crippen molar-refractivity contribution in [2.75, 3.05) is 11.9 Å².